The van der Waals surface area contributed by atoms with Crippen LogP contribution >= 0.6 is 0 Å². The van der Waals surface area contributed by atoms with Crippen LogP contribution in [0.1, 0.15) is 19.4 Å². The van der Waals surface area contributed by atoms with Gasteiger partial charge in [-0.2, -0.15) is 0 Å². The molecule has 0 bridgehead atoms. The van der Waals surface area contributed by atoms with Gasteiger partial charge in [-0.05, 0) is 37.6 Å². The van der Waals surface area contributed by atoms with Gasteiger partial charge < -0.3 is 27.5 Å². The summed E-state index contributed by atoms with van der Waals surface area (Å²) in [6, 6.07) is 6.79. The van der Waals surface area contributed by atoms with Crippen LogP contribution in [0.5, 0.6) is 5.75 Å². The summed E-state index contributed by atoms with van der Waals surface area (Å²) in [4.78, 5) is 24.1. The molecule has 0 spiro atoms. The molecule has 9 heteroatoms. The third-order valence-corrected chi connectivity index (χ3v) is 6.46. The van der Waals surface area contributed by atoms with Gasteiger partial charge in [-0.3, -0.25) is 0 Å². The van der Waals surface area contributed by atoms with Crippen molar-refractivity contribution >= 4 is 26.8 Å². The Morgan fingerprint density at radius 2 is 1.41 bits per heavy atom. The van der Waals surface area contributed by atoms with Crippen molar-refractivity contribution in [1.82, 2.24) is 0 Å². The lowest BCUT2D eigenvalue weighted by atomic mass is 10.1. The molecule has 1 aromatic rings. The zero-order chi connectivity index (χ0) is 21.9. The van der Waals surface area contributed by atoms with Gasteiger partial charge in [0.25, 0.3) is 0 Å². The summed E-state index contributed by atoms with van der Waals surface area (Å²) in [6.07, 6.45) is 1.41. The number of hydrogen-bond acceptors (Lipinski definition) is 8. The molecule has 29 heavy (non-hydrogen) atoms. The van der Waals surface area contributed by atoms with Crippen molar-refractivity contribution in [3.05, 3.63) is 47.2 Å². The fourth-order valence-corrected chi connectivity index (χ4v) is 4.00. The van der Waals surface area contributed by atoms with Crippen LogP contribution in [0.3, 0.4) is 0 Å². The van der Waals surface area contributed by atoms with Crippen molar-refractivity contribution < 1.29 is 37.1 Å². The molecule has 0 unspecified atom stereocenters. The summed E-state index contributed by atoms with van der Waals surface area (Å²) < 4.78 is 31.6. The maximum absolute atomic E-state index is 12.0. The van der Waals surface area contributed by atoms with Gasteiger partial charge in [-0.1, -0.05) is 18.7 Å². The zero-order valence-electron chi connectivity index (χ0n) is 17.5. The van der Waals surface area contributed by atoms with Crippen molar-refractivity contribution in [2.45, 2.75) is 13.8 Å². The van der Waals surface area contributed by atoms with Gasteiger partial charge in [-0.15, -0.1) is 0 Å². The highest BCUT2D eigenvalue weighted by Gasteiger charge is 2.42. The van der Waals surface area contributed by atoms with Crippen LogP contribution < -0.4 is 4.74 Å². The minimum absolute atomic E-state index is 0.147. The van der Waals surface area contributed by atoms with Gasteiger partial charge in [0, 0.05) is 26.5 Å². The zero-order valence-corrected chi connectivity index (χ0v) is 18.5. The fourth-order valence-electron chi connectivity index (χ4n) is 2.39. The SMILES string of the molecule is C=C(COc1ccc(C=C(C(=O)OCC)C(=O)OCC)cc1)[Si](OC)(OC)OC. The molecule has 0 aromatic heterocycles. The monoisotopic (exact) mass is 424 g/mol. The van der Waals surface area contributed by atoms with Gasteiger partial charge >= 0.3 is 20.7 Å². The molecule has 160 valence electrons. The smallest absolute Gasteiger partial charge is 0.489 e. The van der Waals surface area contributed by atoms with Gasteiger partial charge in [0.05, 0.1) is 13.2 Å². The second-order valence-electron chi connectivity index (χ2n) is 5.63. The Bertz CT molecular complexity index is 694. The van der Waals surface area contributed by atoms with E-state index in [2.05, 4.69) is 6.58 Å². The van der Waals surface area contributed by atoms with Gasteiger partial charge in [0.1, 0.15) is 17.9 Å². The summed E-state index contributed by atoms with van der Waals surface area (Å²) >= 11 is 0. The predicted octanol–water partition coefficient (Wildman–Crippen LogP) is 2.55. The van der Waals surface area contributed by atoms with E-state index in [1.54, 1.807) is 38.1 Å². The Kier molecular flexibility index (Phi) is 10.3. The standard InChI is InChI=1S/C20H28O8Si/c1-7-26-19(21)18(20(22)27-8-2)13-16-9-11-17(12-10-16)28-14-15(3)29(23-4,24-5)25-6/h9-13H,3,7-8,14H2,1-2,4-6H3. The molecule has 0 amide bonds. The second kappa shape index (κ2) is 12.2. The number of carbonyl (C=O) groups excluding carboxylic acids is 2. The first-order valence-corrected chi connectivity index (χ1v) is 10.7. The molecular weight excluding hydrogens is 396 g/mol. The van der Waals surface area contributed by atoms with E-state index < -0.39 is 20.7 Å². The molecule has 1 rings (SSSR count). The number of esters is 2. The maximum atomic E-state index is 12.0. The van der Waals surface area contributed by atoms with E-state index in [4.69, 9.17) is 27.5 Å². The number of hydrogen-bond donors (Lipinski definition) is 0. The summed E-state index contributed by atoms with van der Waals surface area (Å²) in [5.74, 6) is -0.909. The van der Waals surface area contributed by atoms with E-state index in [1.165, 1.54) is 27.4 Å². The Morgan fingerprint density at radius 3 is 1.83 bits per heavy atom. The van der Waals surface area contributed by atoms with E-state index in [-0.39, 0.29) is 25.4 Å². The Morgan fingerprint density at radius 1 is 0.931 bits per heavy atom. The molecule has 0 N–H and O–H groups in total. The van der Waals surface area contributed by atoms with E-state index in [0.29, 0.717) is 16.5 Å². The lowest BCUT2D eigenvalue weighted by Gasteiger charge is -2.26. The molecule has 0 aliphatic carbocycles. The third-order valence-electron chi connectivity index (χ3n) is 3.83. The lowest BCUT2D eigenvalue weighted by Crippen LogP contribution is -2.46. The van der Waals surface area contributed by atoms with Crippen molar-refractivity contribution in [2.75, 3.05) is 41.2 Å². The second-order valence-corrected chi connectivity index (χ2v) is 8.67. The van der Waals surface area contributed by atoms with Crippen LogP contribution in [0.4, 0.5) is 0 Å². The molecule has 0 atom stereocenters. The molecule has 0 saturated carbocycles. The average Bonchev–Trinajstić information content (AvgIpc) is 2.73. The summed E-state index contributed by atoms with van der Waals surface area (Å²) in [5.41, 5.74) is 0.438. The van der Waals surface area contributed by atoms with Crippen LogP contribution in [0, 0.1) is 0 Å². The first kappa shape index (κ1) is 24.6. The van der Waals surface area contributed by atoms with E-state index >= 15 is 0 Å². The number of rotatable bonds is 12. The van der Waals surface area contributed by atoms with Crippen LogP contribution in [0.25, 0.3) is 6.08 Å². The minimum atomic E-state index is -2.98. The normalized spacial score (nSPS) is 10.8. The first-order valence-electron chi connectivity index (χ1n) is 8.99. The van der Waals surface area contributed by atoms with Crippen molar-refractivity contribution in [2.24, 2.45) is 0 Å². The highest BCUT2D eigenvalue weighted by molar-refractivity contribution is 6.68. The highest BCUT2D eigenvalue weighted by Crippen LogP contribution is 2.20. The average molecular weight is 425 g/mol. The third kappa shape index (κ3) is 6.82. The number of ether oxygens (including phenoxy) is 3. The summed E-state index contributed by atoms with van der Waals surface area (Å²) in [7, 11) is 1.51. The van der Waals surface area contributed by atoms with Crippen LogP contribution in [0.2, 0.25) is 0 Å². The van der Waals surface area contributed by atoms with E-state index in [9.17, 15) is 9.59 Å². The Balaban J connectivity index is 2.91. The molecule has 0 aliphatic rings. The molecular formula is C20H28O8Si. The molecule has 0 saturated heterocycles. The fraction of sp³-hybridized carbons (Fsp3) is 0.400. The first-order chi connectivity index (χ1) is 13.9. The summed E-state index contributed by atoms with van der Waals surface area (Å²) in [6.45, 7) is 7.71. The lowest BCUT2D eigenvalue weighted by molar-refractivity contribution is -0.146. The van der Waals surface area contributed by atoms with Crippen molar-refractivity contribution in [1.29, 1.82) is 0 Å². The molecule has 8 nitrogen and oxygen atoms in total. The topological polar surface area (TPSA) is 89.5 Å². The van der Waals surface area contributed by atoms with E-state index in [1.807, 2.05) is 0 Å². The van der Waals surface area contributed by atoms with Crippen molar-refractivity contribution in [3.8, 4) is 5.75 Å². The van der Waals surface area contributed by atoms with Gasteiger partial charge in [0.2, 0.25) is 0 Å². The Hall–Kier alpha value is -2.46. The molecule has 0 aliphatic heterocycles. The highest BCUT2D eigenvalue weighted by atomic mass is 28.4. The predicted molar refractivity (Wildman–Crippen MR) is 109 cm³/mol. The van der Waals surface area contributed by atoms with E-state index in [0.717, 1.165) is 0 Å². The number of carbonyl (C=O) groups is 2. The molecule has 1 aromatic carbocycles. The molecule has 0 heterocycles. The van der Waals surface area contributed by atoms with Gasteiger partial charge in [0.15, 0.2) is 0 Å². The maximum Gasteiger partial charge on any atom is 0.535 e. The Labute approximate surface area is 172 Å². The van der Waals surface area contributed by atoms with Crippen LogP contribution in [0.15, 0.2) is 41.6 Å². The number of benzene rings is 1. The van der Waals surface area contributed by atoms with Crippen LogP contribution in [-0.2, 0) is 32.3 Å². The quantitative estimate of drug-likeness (QED) is 0.166. The van der Waals surface area contributed by atoms with Gasteiger partial charge in [-0.25, -0.2) is 9.59 Å². The van der Waals surface area contributed by atoms with Crippen molar-refractivity contribution in [3.63, 3.8) is 0 Å². The molecule has 0 radical (unpaired) electrons. The summed E-state index contributed by atoms with van der Waals surface area (Å²) in [5, 5.41) is 0.570. The van der Waals surface area contributed by atoms with Crippen LogP contribution in [-0.4, -0.2) is 61.9 Å². The molecule has 0 fully saturated rings. The minimum Gasteiger partial charge on any atom is -0.489 e. The largest absolute Gasteiger partial charge is 0.535 e.